The summed E-state index contributed by atoms with van der Waals surface area (Å²) in [5.74, 6) is 1.84. The van der Waals surface area contributed by atoms with E-state index in [-0.39, 0.29) is 0 Å². The Labute approximate surface area is 176 Å². The summed E-state index contributed by atoms with van der Waals surface area (Å²) in [6.45, 7) is 8.51. The van der Waals surface area contributed by atoms with Crippen LogP contribution in [0.4, 0.5) is 0 Å². The second-order valence-corrected chi connectivity index (χ2v) is 8.48. The first-order chi connectivity index (χ1) is 13.6. The molecule has 1 aromatic carbocycles. The molecule has 8 heteroatoms. The quantitative estimate of drug-likeness (QED) is 0.550. The van der Waals surface area contributed by atoms with Crippen LogP contribution in [0.15, 0.2) is 35.5 Å². The topological polar surface area (TPSA) is 53.0 Å². The van der Waals surface area contributed by atoms with E-state index in [2.05, 4.69) is 32.0 Å². The number of guanidine groups is 1. The number of ether oxygens (including phenoxy) is 1. The lowest BCUT2D eigenvalue weighted by atomic mass is 10.3. The molecule has 0 unspecified atom stereocenters. The van der Waals surface area contributed by atoms with Crippen LogP contribution in [0.3, 0.4) is 0 Å². The summed E-state index contributed by atoms with van der Waals surface area (Å²) in [4.78, 5) is 14.9. The van der Waals surface area contributed by atoms with Crippen LogP contribution in [0, 0.1) is 6.92 Å². The second kappa shape index (κ2) is 10.6. The van der Waals surface area contributed by atoms with Crippen LogP contribution in [0.5, 0.6) is 5.75 Å². The molecule has 2 heterocycles. The molecule has 1 fully saturated rings. The third kappa shape index (κ3) is 6.36. The predicted molar refractivity (Wildman–Crippen MR) is 117 cm³/mol. The van der Waals surface area contributed by atoms with Crippen LogP contribution in [-0.4, -0.2) is 73.7 Å². The number of piperazine rings is 1. The highest BCUT2D eigenvalue weighted by atomic mass is 35.5. The molecule has 1 aromatic heterocycles. The van der Waals surface area contributed by atoms with E-state index in [4.69, 9.17) is 16.3 Å². The minimum Gasteiger partial charge on any atom is -0.492 e. The van der Waals surface area contributed by atoms with Crippen LogP contribution in [0.2, 0.25) is 5.02 Å². The first-order valence-corrected chi connectivity index (χ1v) is 10.8. The maximum atomic E-state index is 5.90. The third-order valence-electron chi connectivity index (χ3n) is 4.66. The number of aromatic nitrogens is 1. The van der Waals surface area contributed by atoms with E-state index in [0.29, 0.717) is 6.61 Å². The Kier molecular flexibility index (Phi) is 7.94. The normalized spacial score (nSPS) is 15.7. The summed E-state index contributed by atoms with van der Waals surface area (Å²) in [5.41, 5.74) is 0. The second-order valence-electron chi connectivity index (χ2n) is 6.72. The molecule has 0 amide bonds. The maximum absolute atomic E-state index is 5.90. The highest BCUT2D eigenvalue weighted by Gasteiger charge is 2.19. The van der Waals surface area contributed by atoms with Crippen molar-refractivity contribution in [3.63, 3.8) is 0 Å². The average Bonchev–Trinajstić information content (AvgIpc) is 3.13. The molecule has 1 saturated heterocycles. The maximum Gasteiger partial charge on any atom is 0.193 e. The standard InChI is InChI=1S/C20H28ClN5OS/c1-16-15-24-19(28-16)7-8-23-20(22-2)26-11-9-25(10-12-26)13-14-27-18-5-3-17(21)4-6-18/h3-6,15H,7-14H2,1-2H3,(H,22,23). The van der Waals surface area contributed by atoms with E-state index in [1.54, 1.807) is 11.3 Å². The van der Waals surface area contributed by atoms with E-state index in [0.717, 1.165) is 62.4 Å². The van der Waals surface area contributed by atoms with Gasteiger partial charge in [-0.05, 0) is 31.2 Å². The monoisotopic (exact) mass is 421 g/mol. The molecule has 152 valence electrons. The lowest BCUT2D eigenvalue weighted by molar-refractivity contribution is 0.152. The zero-order valence-corrected chi connectivity index (χ0v) is 18.1. The SMILES string of the molecule is CN=C(NCCc1ncc(C)s1)N1CCN(CCOc2ccc(Cl)cc2)CC1. The Morgan fingerprint density at radius 1 is 1.25 bits per heavy atom. The van der Waals surface area contributed by atoms with Crippen molar-refractivity contribution in [3.8, 4) is 5.75 Å². The van der Waals surface area contributed by atoms with Crippen molar-refractivity contribution in [2.24, 2.45) is 4.99 Å². The number of benzene rings is 1. The molecule has 0 bridgehead atoms. The summed E-state index contributed by atoms with van der Waals surface area (Å²) < 4.78 is 5.80. The number of aliphatic imine (C=N–C) groups is 1. The molecular formula is C20H28ClN5OS. The molecule has 0 saturated carbocycles. The van der Waals surface area contributed by atoms with Gasteiger partial charge in [-0.2, -0.15) is 0 Å². The van der Waals surface area contributed by atoms with Gasteiger partial charge in [-0.25, -0.2) is 4.98 Å². The van der Waals surface area contributed by atoms with Crippen LogP contribution in [-0.2, 0) is 6.42 Å². The van der Waals surface area contributed by atoms with Gasteiger partial charge in [0.15, 0.2) is 5.96 Å². The molecule has 28 heavy (non-hydrogen) atoms. The molecule has 0 atom stereocenters. The van der Waals surface area contributed by atoms with Gasteiger partial charge in [0, 0.05) is 68.8 Å². The molecule has 0 spiro atoms. The van der Waals surface area contributed by atoms with Gasteiger partial charge < -0.3 is 15.0 Å². The molecule has 1 aliphatic rings. The van der Waals surface area contributed by atoms with Gasteiger partial charge in [0.05, 0.1) is 5.01 Å². The van der Waals surface area contributed by atoms with Crippen molar-refractivity contribution < 1.29 is 4.74 Å². The number of halogens is 1. The summed E-state index contributed by atoms with van der Waals surface area (Å²) >= 11 is 7.66. The van der Waals surface area contributed by atoms with Gasteiger partial charge in [0.25, 0.3) is 0 Å². The van der Waals surface area contributed by atoms with Gasteiger partial charge in [-0.1, -0.05) is 11.6 Å². The molecule has 1 N–H and O–H groups in total. The number of rotatable bonds is 7. The first-order valence-electron chi connectivity index (χ1n) is 9.61. The molecule has 2 aromatic rings. The smallest absolute Gasteiger partial charge is 0.193 e. The van der Waals surface area contributed by atoms with E-state index in [1.165, 1.54) is 9.88 Å². The van der Waals surface area contributed by atoms with Crippen molar-refractivity contribution in [3.05, 3.63) is 45.4 Å². The van der Waals surface area contributed by atoms with Crippen LogP contribution >= 0.6 is 22.9 Å². The van der Waals surface area contributed by atoms with Crippen molar-refractivity contribution in [1.29, 1.82) is 0 Å². The fourth-order valence-electron chi connectivity index (χ4n) is 3.14. The van der Waals surface area contributed by atoms with E-state index >= 15 is 0 Å². The summed E-state index contributed by atoms with van der Waals surface area (Å²) in [7, 11) is 1.85. The lowest BCUT2D eigenvalue weighted by Crippen LogP contribution is -2.53. The Balaban J connectivity index is 1.34. The number of nitrogens with one attached hydrogen (secondary N) is 1. The van der Waals surface area contributed by atoms with E-state index in [1.807, 2.05) is 37.5 Å². The van der Waals surface area contributed by atoms with Gasteiger partial charge >= 0.3 is 0 Å². The Bertz CT molecular complexity index is 756. The third-order valence-corrected chi connectivity index (χ3v) is 5.89. The number of hydrogen-bond donors (Lipinski definition) is 1. The number of nitrogens with zero attached hydrogens (tertiary/aromatic N) is 4. The van der Waals surface area contributed by atoms with Gasteiger partial charge in [-0.3, -0.25) is 9.89 Å². The largest absolute Gasteiger partial charge is 0.492 e. The van der Waals surface area contributed by atoms with Gasteiger partial charge in [-0.15, -0.1) is 11.3 Å². The average molecular weight is 422 g/mol. The molecule has 1 aliphatic heterocycles. The van der Waals surface area contributed by atoms with Crippen molar-refractivity contribution in [2.45, 2.75) is 13.3 Å². The first kappa shape index (κ1) is 20.9. The molecule has 0 aliphatic carbocycles. The molecule has 6 nitrogen and oxygen atoms in total. The Hall–Kier alpha value is -1.83. The summed E-state index contributed by atoms with van der Waals surface area (Å²) in [6.07, 6.45) is 2.87. The fraction of sp³-hybridized carbons (Fsp3) is 0.500. The minimum atomic E-state index is 0.682. The van der Waals surface area contributed by atoms with E-state index in [9.17, 15) is 0 Å². The van der Waals surface area contributed by atoms with Crippen LogP contribution in [0.25, 0.3) is 0 Å². The van der Waals surface area contributed by atoms with Crippen molar-refractivity contribution >= 4 is 28.9 Å². The highest BCUT2D eigenvalue weighted by molar-refractivity contribution is 7.11. The molecule has 0 radical (unpaired) electrons. The van der Waals surface area contributed by atoms with Crippen LogP contribution < -0.4 is 10.1 Å². The van der Waals surface area contributed by atoms with Gasteiger partial charge in [0.1, 0.15) is 12.4 Å². The summed E-state index contributed by atoms with van der Waals surface area (Å²) in [5, 5.41) is 5.37. The minimum absolute atomic E-state index is 0.682. The van der Waals surface area contributed by atoms with Crippen LogP contribution in [0.1, 0.15) is 9.88 Å². The zero-order valence-electron chi connectivity index (χ0n) is 16.5. The number of hydrogen-bond acceptors (Lipinski definition) is 5. The predicted octanol–water partition coefficient (Wildman–Crippen LogP) is 2.92. The number of aryl methyl sites for hydroxylation is 1. The van der Waals surface area contributed by atoms with E-state index < -0.39 is 0 Å². The van der Waals surface area contributed by atoms with Gasteiger partial charge in [0.2, 0.25) is 0 Å². The lowest BCUT2D eigenvalue weighted by Gasteiger charge is -2.36. The zero-order chi connectivity index (χ0) is 19.8. The van der Waals surface area contributed by atoms with Crippen molar-refractivity contribution in [1.82, 2.24) is 20.1 Å². The van der Waals surface area contributed by atoms with Crippen molar-refractivity contribution in [2.75, 3.05) is 52.9 Å². The highest BCUT2D eigenvalue weighted by Crippen LogP contribution is 2.15. The molecule has 3 rings (SSSR count). The number of thiazole rings is 1. The Morgan fingerprint density at radius 2 is 2.00 bits per heavy atom. The Morgan fingerprint density at radius 3 is 2.64 bits per heavy atom. The fourth-order valence-corrected chi connectivity index (χ4v) is 4.05. The molecular weight excluding hydrogens is 394 g/mol. The summed E-state index contributed by atoms with van der Waals surface area (Å²) in [6, 6.07) is 7.51.